The topological polar surface area (TPSA) is 142 Å². The maximum atomic E-state index is 12.3. The zero-order valence-corrected chi connectivity index (χ0v) is 21.0. The van der Waals surface area contributed by atoms with Gasteiger partial charge in [-0.25, -0.2) is 4.79 Å². The van der Waals surface area contributed by atoms with Gasteiger partial charge in [0.15, 0.2) is 0 Å². The molecule has 37 heavy (non-hydrogen) atoms. The van der Waals surface area contributed by atoms with Gasteiger partial charge in [0.1, 0.15) is 19.0 Å². The van der Waals surface area contributed by atoms with Crippen molar-refractivity contribution < 1.29 is 48.0 Å². The van der Waals surface area contributed by atoms with Crippen molar-refractivity contribution in [3.63, 3.8) is 0 Å². The molecule has 0 unspecified atom stereocenters. The second kappa shape index (κ2) is 16.1. The second-order valence-corrected chi connectivity index (χ2v) is 8.62. The number of hydrogen-bond acceptors (Lipinski definition) is 9. The van der Waals surface area contributed by atoms with Gasteiger partial charge in [-0.15, -0.1) is 0 Å². The molecule has 1 fully saturated rings. The number of carboxylic acids is 1. The fraction of sp³-hybridized carbons (Fsp3) is 0.519. The first-order chi connectivity index (χ1) is 17.8. The first-order valence-electron chi connectivity index (χ1n) is 12.5. The summed E-state index contributed by atoms with van der Waals surface area (Å²) >= 11 is 0. The van der Waals surface area contributed by atoms with Gasteiger partial charge in [-0.2, -0.15) is 0 Å². The predicted molar refractivity (Wildman–Crippen MR) is 130 cm³/mol. The quantitative estimate of drug-likeness (QED) is 0.128. The molecule has 202 valence electrons. The second-order valence-electron chi connectivity index (χ2n) is 8.62. The van der Waals surface area contributed by atoms with Crippen molar-refractivity contribution in [1.29, 1.82) is 0 Å². The van der Waals surface area contributed by atoms with Crippen molar-refractivity contribution in [1.82, 2.24) is 0 Å². The molecule has 1 aromatic rings. The van der Waals surface area contributed by atoms with Gasteiger partial charge in [0.25, 0.3) is 0 Å². The van der Waals surface area contributed by atoms with Gasteiger partial charge in [-0.05, 0) is 49.8 Å². The summed E-state index contributed by atoms with van der Waals surface area (Å²) in [7, 11) is 0. The minimum absolute atomic E-state index is 0.0607. The van der Waals surface area contributed by atoms with E-state index < -0.39 is 23.9 Å². The highest BCUT2D eigenvalue weighted by Crippen LogP contribution is 2.30. The Kier molecular flexibility index (Phi) is 12.9. The lowest BCUT2D eigenvalue weighted by atomic mass is 9.82. The van der Waals surface area contributed by atoms with Crippen molar-refractivity contribution in [2.45, 2.75) is 58.3 Å². The number of allylic oxidation sites excluding steroid dienone is 1. The molecular formula is C27H34O10. The van der Waals surface area contributed by atoms with Crippen molar-refractivity contribution in [2.24, 2.45) is 11.8 Å². The maximum Gasteiger partial charge on any atom is 0.330 e. The van der Waals surface area contributed by atoms with E-state index in [0.717, 1.165) is 5.56 Å². The number of aliphatic carboxylic acids is 1. The molecule has 1 saturated carbocycles. The van der Waals surface area contributed by atoms with E-state index in [0.29, 0.717) is 44.3 Å². The minimum atomic E-state index is -0.817. The monoisotopic (exact) mass is 518 g/mol. The van der Waals surface area contributed by atoms with E-state index in [9.17, 15) is 24.0 Å². The van der Waals surface area contributed by atoms with E-state index in [1.165, 1.54) is 6.08 Å². The van der Waals surface area contributed by atoms with Crippen LogP contribution in [0.3, 0.4) is 0 Å². The molecule has 0 bridgehead atoms. The Bertz CT molecular complexity index is 942. The smallest absolute Gasteiger partial charge is 0.330 e. The van der Waals surface area contributed by atoms with Gasteiger partial charge in [0, 0.05) is 12.5 Å². The molecule has 0 atom stereocenters. The normalized spacial score (nSPS) is 17.1. The van der Waals surface area contributed by atoms with Crippen LogP contribution in [0.1, 0.15) is 57.4 Å². The molecule has 0 aromatic heterocycles. The summed E-state index contributed by atoms with van der Waals surface area (Å²) in [6, 6.07) is 6.84. The number of carbonyl (C=O) groups excluding carboxylic acids is 4. The average Bonchev–Trinajstić information content (AvgIpc) is 2.89. The Hall–Kier alpha value is -3.69. The number of ether oxygens (including phenoxy) is 4. The van der Waals surface area contributed by atoms with Crippen molar-refractivity contribution in [2.75, 3.05) is 19.8 Å². The predicted octanol–water partition coefficient (Wildman–Crippen LogP) is 3.40. The largest absolute Gasteiger partial charge is 0.481 e. The third kappa shape index (κ3) is 11.7. The van der Waals surface area contributed by atoms with Crippen LogP contribution in [0.2, 0.25) is 0 Å². The molecule has 1 aliphatic rings. The van der Waals surface area contributed by atoms with Crippen LogP contribution in [0.15, 0.2) is 36.4 Å². The van der Waals surface area contributed by atoms with Crippen LogP contribution in [0.5, 0.6) is 5.75 Å². The van der Waals surface area contributed by atoms with Crippen LogP contribution in [0.4, 0.5) is 0 Å². The molecule has 1 aromatic carbocycles. The number of carboxylic acid groups (broad SMARTS) is 1. The summed E-state index contributed by atoms with van der Waals surface area (Å²) < 4.78 is 20.3. The van der Waals surface area contributed by atoms with Crippen molar-refractivity contribution in [3.05, 3.63) is 42.0 Å². The van der Waals surface area contributed by atoms with E-state index >= 15 is 0 Å². The van der Waals surface area contributed by atoms with E-state index in [-0.39, 0.29) is 50.5 Å². The van der Waals surface area contributed by atoms with Crippen molar-refractivity contribution in [3.8, 4) is 5.75 Å². The summed E-state index contributed by atoms with van der Waals surface area (Å²) in [5.41, 5.74) is 0.873. The Morgan fingerprint density at radius 2 is 1.41 bits per heavy atom. The van der Waals surface area contributed by atoms with Crippen LogP contribution in [0.25, 0.3) is 0 Å². The van der Waals surface area contributed by atoms with Gasteiger partial charge in [0.05, 0.1) is 31.3 Å². The molecule has 10 heteroatoms. The van der Waals surface area contributed by atoms with Crippen LogP contribution >= 0.6 is 0 Å². The SMILES string of the molecule is CC/C=C/C(=O)OCCOC(=O)CCC(=O)OCCc1ccc(OC(=O)C2CCC(C(=O)O)CC2)cc1. The van der Waals surface area contributed by atoms with E-state index in [1.807, 2.05) is 6.92 Å². The minimum Gasteiger partial charge on any atom is -0.481 e. The summed E-state index contributed by atoms with van der Waals surface area (Å²) in [6.07, 6.45) is 5.82. The molecular weight excluding hydrogens is 484 g/mol. The van der Waals surface area contributed by atoms with Crippen molar-refractivity contribution >= 4 is 29.8 Å². The Morgan fingerprint density at radius 1 is 0.838 bits per heavy atom. The highest BCUT2D eigenvalue weighted by molar-refractivity contribution is 5.82. The first-order valence-corrected chi connectivity index (χ1v) is 12.5. The summed E-state index contributed by atoms with van der Waals surface area (Å²) in [5.74, 6) is -3.07. The molecule has 0 saturated heterocycles. The summed E-state index contributed by atoms with van der Waals surface area (Å²) in [4.78, 5) is 58.1. The highest BCUT2D eigenvalue weighted by atomic mass is 16.6. The number of esters is 4. The lowest BCUT2D eigenvalue weighted by Crippen LogP contribution is -2.28. The Morgan fingerprint density at radius 3 is 2.00 bits per heavy atom. The lowest BCUT2D eigenvalue weighted by molar-refractivity contribution is -0.152. The number of carbonyl (C=O) groups is 5. The van der Waals surface area contributed by atoms with Crippen LogP contribution in [0, 0.1) is 11.8 Å². The number of hydrogen-bond donors (Lipinski definition) is 1. The summed E-state index contributed by atoms with van der Waals surface area (Å²) in [6.45, 7) is 1.86. The highest BCUT2D eigenvalue weighted by Gasteiger charge is 2.30. The van der Waals surface area contributed by atoms with Gasteiger partial charge >= 0.3 is 29.8 Å². The Balaban J connectivity index is 1.58. The zero-order valence-electron chi connectivity index (χ0n) is 21.0. The van der Waals surface area contributed by atoms with Crippen LogP contribution in [-0.4, -0.2) is 54.8 Å². The van der Waals surface area contributed by atoms with Gasteiger partial charge < -0.3 is 24.1 Å². The molecule has 1 aliphatic carbocycles. The molecule has 0 spiro atoms. The summed E-state index contributed by atoms with van der Waals surface area (Å²) in [5, 5.41) is 9.06. The zero-order chi connectivity index (χ0) is 27.0. The van der Waals surface area contributed by atoms with Gasteiger partial charge in [-0.1, -0.05) is 25.1 Å². The standard InChI is InChI=1S/C27H34O10/c1-2-3-4-23(28)35-17-18-36-25(30)14-13-24(29)34-16-15-19-5-11-22(12-6-19)37-27(33)21-9-7-20(8-10-21)26(31)32/h3-6,11-12,20-21H,2,7-10,13-18H2,1H3,(H,31,32)/b4-3+. The molecule has 0 aliphatic heterocycles. The Labute approximate surface area is 215 Å². The van der Waals surface area contributed by atoms with Gasteiger partial charge in [0.2, 0.25) is 0 Å². The molecule has 10 nitrogen and oxygen atoms in total. The van der Waals surface area contributed by atoms with E-state index in [2.05, 4.69) is 0 Å². The lowest BCUT2D eigenvalue weighted by Gasteiger charge is -2.24. The molecule has 0 heterocycles. The number of benzene rings is 1. The molecule has 0 amide bonds. The third-order valence-corrected chi connectivity index (χ3v) is 5.82. The van der Waals surface area contributed by atoms with E-state index in [1.54, 1.807) is 30.3 Å². The van der Waals surface area contributed by atoms with Crippen LogP contribution in [-0.2, 0) is 44.6 Å². The first kappa shape index (κ1) is 29.5. The van der Waals surface area contributed by atoms with Gasteiger partial charge in [-0.3, -0.25) is 19.2 Å². The fourth-order valence-corrected chi connectivity index (χ4v) is 3.69. The molecule has 2 rings (SSSR count). The maximum absolute atomic E-state index is 12.3. The average molecular weight is 519 g/mol. The van der Waals surface area contributed by atoms with Crippen LogP contribution < -0.4 is 4.74 Å². The number of rotatable bonds is 14. The molecule has 1 N–H and O–H groups in total. The van der Waals surface area contributed by atoms with E-state index in [4.69, 9.17) is 24.1 Å². The molecule has 0 radical (unpaired) electrons. The fourth-order valence-electron chi connectivity index (χ4n) is 3.69. The third-order valence-electron chi connectivity index (χ3n) is 5.82.